The minimum Gasteiger partial charge on any atom is -0.389 e. The van der Waals surface area contributed by atoms with Gasteiger partial charge in [0.1, 0.15) is 17.9 Å². The third-order valence-electron chi connectivity index (χ3n) is 3.37. The molecule has 4 atom stereocenters. The molecule has 3 rings (SSSR count). The topological polar surface area (TPSA) is 110 Å². The normalized spacial score (nSPS) is 32.2. The Morgan fingerprint density at radius 3 is 2.72 bits per heavy atom. The van der Waals surface area contributed by atoms with Gasteiger partial charge < -0.3 is 20.5 Å². The quantitative estimate of drug-likeness (QED) is 0.512. The number of nitrogen functional groups attached to an aromatic ring is 1. The zero-order chi connectivity index (χ0) is 12.9. The summed E-state index contributed by atoms with van der Waals surface area (Å²) in [5, 5.41) is 19.5. The lowest BCUT2D eigenvalue weighted by atomic mass is 10.2. The number of thiol groups is 1. The van der Waals surface area contributed by atoms with E-state index in [0.29, 0.717) is 23.4 Å². The highest BCUT2D eigenvalue weighted by atomic mass is 32.1. The summed E-state index contributed by atoms with van der Waals surface area (Å²) in [6.07, 6.45) is 1.71. The number of nitrogens with two attached hydrogens (primary N) is 1. The van der Waals surface area contributed by atoms with Gasteiger partial charge in [-0.3, -0.25) is 0 Å². The van der Waals surface area contributed by atoms with Crippen LogP contribution in [0.3, 0.4) is 0 Å². The number of aliphatic hydroxyl groups is 2. The average molecular weight is 267 g/mol. The van der Waals surface area contributed by atoms with E-state index in [0.717, 1.165) is 0 Å². The second-order valence-corrected chi connectivity index (χ2v) is 5.10. The molecule has 96 valence electrons. The Hall–Kier alpha value is -1.38. The van der Waals surface area contributed by atoms with E-state index < -0.39 is 12.2 Å². The molecular formula is C10H13N5O2S. The van der Waals surface area contributed by atoms with Crippen LogP contribution in [0, 0.1) is 0 Å². The van der Waals surface area contributed by atoms with Gasteiger partial charge in [0.05, 0.1) is 18.5 Å². The first-order valence-electron chi connectivity index (χ1n) is 5.57. The lowest BCUT2D eigenvalue weighted by Gasteiger charge is -2.17. The maximum atomic E-state index is 10.0. The van der Waals surface area contributed by atoms with E-state index in [4.69, 9.17) is 5.73 Å². The largest absolute Gasteiger partial charge is 0.389 e. The van der Waals surface area contributed by atoms with E-state index in [1.54, 1.807) is 10.9 Å². The van der Waals surface area contributed by atoms with E-state index in [9.17, 15) is 10.2 Å². The number of aromatic nitrogens is 4. The summed E-state index contributed by atoms with van der Waals surface area (Å²) in [4.78, 5) is 12.1. The van der Waals surface area contributed by atoms with Crippen molar-refractivity contribution >= 4 is 29.6 Å². The molecule has 0 bridgehead atoms. The highest BCUT2D eigenvalue weighted by Crippen LogP contribution is 2.35. The van der Waals surface area contributed by atoms with E-state index in [-0.39, 0.29) is 11.3 Å². The molecule has 0 spiro atoms. The van der Waals surface area contributed by atoms with Crippen LogP contribution in [0.15, 0.2) is 12.7 Å². The molecule has 4 N–H and O–H groups in total. The smallest absolute Gasteiger partial charge is 0.165 e. The predicted octanol–water partition coefficient (Wildman–Crippen LogP) is -0.627. The Morgan fingerprint density at radius 2 is 2.06 bits per heavy atom. The Morgan fingerprint density at radius 1 is 1.28 bits per heavy atom. The van der Waals surface area contributed by atoms with E-state index in [1.165, 1.54) is 6.33 Å². The Balaban J connectivity index is 2.08. The number of fused-ring (bicyclic) bond motifs is 1. The van der Waals surface area contributed by atoms with Crippen molar-refractivity contribution in [3.05, 3.63) is 12.7 Å². The van der Waals surface area contributed by atoms with Crippen molar-refractivity contribution in [2.75, 3.05) is 5.73 Å². The van der Waals surface area contributed by atoms with Crippen LogP contribution >= 0.6 is 12.6 Å². The first-order valence-corrected chi connectivity index (χ1v) is 6.08. The van der Waals surface area contributed by atoms with Gasteiger partial charge >= 0.3 is 0 Å². The predicted molar refractivity (Wildman–Crippen MR) is 68.2 cm³/mol. The fourth-order valence-electron chi connectivity index (χ4n) is 2.37. The summed E-state index contributed by atoms with van der Waals surface area (Å²) in [5.41, 5.74) is 6.76. The summed E-state index contributed by atoms with van der Waals surface area (Å²) in [5.74, 6) is 0.300. The summed E-state index contributed by atoms with van der Waals surface area (Å²) in [7, 11) is 0. The molecular weight excluding hydrogens is 254 g/mol. The van der Waals surface area contributed by atoms with Crippen LogP contribution < -0.4 is 5.73 Å². The minimum absolute atomic E-state index is 0.262. The summed E-state index contributed by atoms with van der Waals surface area (Å²) < 4.78 is 1.72. The molecule has 1 aliphatic rings. The molecule has 1 aliphatic carbocycles. The number of rotatable bonds is 1. The highest BCUT2D eigenvalue weighted by Gasteiger charge is 2.41. The molecule has 2 aromatic heterocycles. The average Bonchev–Trinajstić information content (AvgIpc) is 2.88. The van der Waals surface area contributed by atoms with Crippen molar-refractivity contribution < 1.29 is 10.2 Å². The standard InChI is InChI=1S/C10H13N5O2S/c11-9-6-10(13-2-12-9)15(3-14-6)4-1-5(18)8(17)7(4)16/h2-5,7-8,16-18H,1H2,(H2,11,12,13)/t4-,5+,7+,8-/m0/s1. The first-order chi connectivity index (χ1) is 8.59. The second kappa shape index (κ2) is 4.08. The van der Waals surface area contributed by atoms with E-state index in [1.807, 2.05) is 0 Å². The Labute approximate surface area is 108 Å². The van der Waals surface area contributed by atoms with Gasteiger partial charge in [0.15, 0.2) is 11.5 Å². The van der Waals surface area contributed by atoms with Crippen molar-refractivity contribution in [2.45, 2.75) is 29.9 Å². The van der Waals surface area contributed by atoms with Crippen molar-refractivity contribution in [3.8, 4) is 0 Å². The Bertz CT molecular complexity index is 589. The maximum absolute atomic E-state index is 10.0. The van der Waals surface area contributed by atoms with E-state index >= 15 is 0 Å². The molecule has 18 heavy (non-hydrogen) atoms. The highest BCUT2D eigenvalue weighted by molar-refractivity contribution is 7.81. The molecule has 1 saturated carbocycles. The third-order valence-corrected chi connectivity index (χ3v) is 3.88. The van der Waals surface area contributed by atoms with Gasteiger partial charge in [-0.25, -0.2) is 15.0 Å². The van der Waals surface area contributed by atoms with Crippen LogP contribution in [0.1, 0.15) is 12.5 Å². The van der Waals surface area contributed by atoms with Crippen LogP contribution in [0.2, 0.25) is 0 Å². The molecule has 0 unspecified atom stereocenters. The maximum Gasteiger partial charge on any atom is 0.165 e. The molecule has 1 fully saturated rings. The van der Waals surface area contributed by atoms with Gasteiger partial charge in [-0.15, -0.1) is 0 Å². The molecule has 2 aromatic rings. The third kappa shape index (κ3) is 1.57. The lowest BCUT2D eigenvalue weighted by molar-refractivity contribution is 0.0261. The van der Waals surface area contributed by atoms with Crippen LogP contribution in [0.25, 0.3) is 11.2 Å². The van der Waals surface area contributed by atoms with Crippen LogP contribution in [-0.4, -0.2) is 47.2 Å². The van der Waals surface area contributed by atoms with Gasteiger partial charge in [-0.1, -0.05) is 0 Å². The summed E-state index contributed by atoms with van der Waals surface area (Å²) in [6.45, 7) is 0. The molecule has 0 aliphatic heterocycles. The van der Waals surface area contributed by atoms with Gasteiger partial charge in [0, 0.05) is 5.25 Å². The van der Waals surface area contributed by atoms with Gasteiger partial charge in [-0.2, -0.15) is 12.6 Å². The van der Waals surface area contributed by atoms with Gasteiger partial charge in [0.2, 0.25) is 0 Å². The number of hydrogen-bond acceptors (Lipinski definition) is 7. The molecule has 8 heteroatoms. The fourth-order valence-corrected chi connectivity index (χ4v) is 2.76. The lowest BCUT2D eigenvalue weighted by Crippen LogP contribution is -2.29. The van der Waals surface area contributed by atoms with Gasteiger partial charge in [0.25, 0.3) is 0 Å². The van der Waals surface area contributed by atoms with Crippen molar-refractivity contribution in [2.24, 2.45) is 0 Å². The van der Waals surface area contributed by atoms with Crippen LogP contribution in [0.5, 0.6) is 0 Å². The molecule has 0 aromatic carbocycles. The number of aliphatic hydroxyl groups excluding tert-OH is 2. The SMILES string of the molecule is Nc1ncnc2c1ncn2[C@H]1C[C@@H](S)[C@H](O)[C@@H]1O. The van der Waals surface area contributed by atoms with Crippen LogP contribution in [0.4, 0.5) is 5.82 Å². The first kappa shape index (κ1) is 11.7. The molecule has 7 nitrogen and oxygen atoms in total. The van der Waals surface area contributed by atoms with E-state index in [2.05, 4.69) is 27.6 Å². The summed E-state index contributed by atoms with van der Waals surface area (Å²) >= 11 is 4.25. The summed E-state index contributed by atoms with van der Waals surface area (Å²) in [6, 6.07) is -0.304. The number of anilines is 1. The molecule has 0 amide bonds. The molecule has 2 heterocycles. The van der Waals surface area contributed by atoms with Crippen molar-refractivity contribution in [1.29, 1.82) is 0 Å². The second-order valence-electron chi connectivity index (χ2n) is 4.43. The number of hydrogen-bond donors (Lipinski definition) is 4. The molecule has 0 saturated heterocycles. The zero-order valence-electron chi connectivity index (χ0n) is 9.38. The Kier molecular flexibility index (Phi) is 2.65. The van der Waals surface area contributed by atoms with Gasteiger partial charge in [-0.05, 0) is 6.42 Å². The van der Waals surface area contributed by atoms with Crippen molar-refractivity contribution in [3.63, 3.8) is 0 Å². The minimum atomic E-state index is -0.888. The fraction of sp³-hybridized carbons (Fsp3) is 0.500. The number of nitrogens with zero attached hydrogens (tertiary/aromatic N) is 4. The van der Waals surface area contributed by atoms with Crippen LogP contribution in [-0.2, 0) is 0 Å². The number of imidazole rings is 1. The van der Waals surface area contributed by atoms with Crippen molar-refractivity contribution in [1.82, 2.24) is 19.5 Å². The zero-order valence-corrected chi connectivity index (χ0v) is 10.3. The monoisotopic (exact) mass is 267 g/mol. The molecule has 0 radical (unpaired) electrons.